The number of benzene rings is 1. The van der Waals surface area contributed by atoms with E-state index in [1.165, 1.54) is 0 Å². The van der Waals surface area contributed by atoms with Crippen molar-refractivity contribution in [3.63, 3.8) is 0 Å². The van der Waals surface area contributed by atoms with Gasteiger partial charge in [0.15, 0.2) is 0 Å². The molecule has 11 nitrogen and oxygen atoms in total. The maximum Gasteiger partial charge on any atom is 0.246 e. The molecule has 0 radical (unpaired) electrons. The number of nitrogens with zero attached hydrogens (tertiary/aromatic N) is 6. The second kappa shape index (κ2) is 15.0. The lowest BCUT2D eigenvalue weighted by atomic mass is 10.2. The Bertz CT molecular complexity index is 1470. The summed E-state index contributed by atoms with van der Waals surface area (Å²) in [5, 5.41) is 14.9. The van der Waals surface area contributed by atoms with Crippen molar-refractivity contribution in [2.75, 3.05) is 50.9 Å². The molecule has 1 aliphatic rings. The van der Waals surface area contributed by atoms with Crippen LogP contribution in [0.5, 0.6) is 0 Å². The van der Waals surface area contributed by atoms with Gasteiger partial charge in [0.25, 0.3) is 0 Å². The zero-order valence-corrected chi connectivity index (χ0v) is 25.0. The van der Waals surface area contributed by atoms with Gasteiger partial charge in [-0.3, -0.25) is 14.3 Å². The number of carbonyl (C=O) groups is 2. The second-order valence-electron chi connectivity index (χ2n) is 10.6. The van der Waals surface area contributed by atoms with E-state index in [4.69, 9.17) is 0 Å². The van der Waals surface area contributed by atoms with Crippen LogP contribution in [0.4, 0.5) is 17.5 Å². The van der Waals surface area contributed by atoms with Gasteiger partial charge in [-0.2, -0.15) is 10.1 Å². The molecule has 4 rings (SSSR count). The summed E-state index contributed by atoms with van der Waals surface area (Å²) < 4.78 is 1.84. The molecule has 0 saturated carbocycles. The van der Waals surface area contributed by atoms with Crippen molar-refractivity contribution in [1.82, 2.24) is 34.9 Å². The summed E-state index contributed by atoms with van der Waals surface area (Å²) >= 11 is 0. The summed E-state index contributed by atoms with van der Waals surface area (Å²) in [5.41, 5.74) is 2.66. The van der Waals surface area contributed by atoms with E-state index in [0.717, 1.165) is 41.5 Å². The number of anilines is 3. The fourth-order valence-electron chi connectivity index (χ4n) is 4.71. The third-order valence-electron chi connectivity index (χ3n) is 6.90. The number of carbonyl (C=O) groups excluding carboxylic acids is 2. The molecule has 1 saturated heterocycles. The highest BCUT2D eigenvalue weighted by Crippen LogP contribution is 2.22. The van der Waals surface area contributed by atoms with Gasteiger partial charge in [-0.25, -0.2) is 4.98 Å². The van der Waals surface area contributed by atoms with Crippen LogP contribution in [-0.4, -0.2) is 87.7 Å². The average Bonchev–Trinajstić information content (AvgIpc) is 3.61. The summed E-state index contributed by atoms with van der Waals surface area (Å²) in [6, 6.07) is 5.60. The van der Waals surface area contributed by atoms with Gasteiger partial charge in [0.05, 0.1) is 23.5 Å². The van der Waals surface area contributed by atoms with E-state index in [9.17, 15) is 9.59 Å². The van der Waals surface area contributed by atoms with Crippen LogP contribution in [0.1, 0.15) is 44.6 Å². The van der Waals surface area contributed by atoms with Crippen LogP contribution in [0, 0.1) is 11.8 Å². The Morgan fingerprint density at radius 3 is 2.88 bits per heavy atom. The van der Waals surface area contributed by atoms with Crippen LogP contribution >= 0.6 is 0 Å². The number of fused-ring (bicyclic) bond motifs is 1. The third kappa shape index (κ3) is 8.30. The molecule has 1 unspecified atom stereocenters. The predicted octanol–water partition coefficient (Wildman–Crippen LogP) is 3.29. The molecular formula is C31H41N9O2. The lowest BCUT2D eigenvalue weighted by molar-refractivity contribution is -0.135. The Hall–Kier alpha value is -4.43. The molecule has 222 valence electrons. The average molecular weight is 572 g/mol. The van der Waals surface area contributed by atoms with E-state index in [2.05, 4.69) is 49.8 Å². The highest BCUT2D eigenvalue weighted by molar-refractivity contribution is 5.93. The number of aryl methyl sites for hydroxylation is 1. The summed E-state index contributed by atoms with van der Waals surface area (Å²) in [6.45, 7) is 4.66. The normalized spacial score (nSPS) is 14.8. The number of rotatable bonds is 12. The molecule has 2 aromatic heterocycles. The Kier molecular flexibility index (Phi) is 10.9. The molecule has 11 heteroatoms. The van der Waals surface area contributed by atoms with E-state index in [1.54, 1.807) is 17.2 Å². The molecule has 1 fully saturated rings. The smallest absolute Gasteiger partial charge is 0.246 e. The van der Waals surface area contributed by atoms with Crippen LogP contribution in [0.3, 0.4) is 0 Å². The quantitative estimate of drug-likeness (QED) is 0.172. The van der Waals surface area contributed by atoms with Gasteiger partial charge in [-0.15, -0.1) is 0 Å². The molecule has 0 bridgehead atoms. The Morgan fingerprint density at radius 1 is 1.21 bits per heavy atom. The number of likely N-dealkylation sites (tertiary alicyclic amines) is 1. The number of hydrogen-bond donors (Lipinski definition) is 3. The maximum absolute atomic E-state index is 12.8. The van der Waals surface area contributed by atoms with Crippen LogP contribution in [0.2, 0.25) is 0 Å². The highest BCUT2D eigenvalue weighted by atomic mass is 16.2. The number of likely N-dealkylation sites (N-methyl/N-ethyl adjacent to an activating group) is 1. The first-order chi connectivity index (χ1) is 20.4. The number of aromatic nitrogens is 4. The number of nitrogens with one attached hydrogen (secondary N) is 3. The van der Waals surface area contributed by atoms with Crippen molar-refractivity contribution in [2.45, 2.75) is 45.1 Å². The van der Waals surface area contributed by atoms with E-state index in [1.807, 2.05) is 61.2 Å². The van der Waals surface area contributed by atoms with Crippen LogP contribution < -0.4 is 16.0 Å². The SMILES string of the molecule is CCCNc1nc(Nc2ccc3c(cnn3C)c2)ncc1C#CCCCNC(=O)C1CCCN1C(=O)C=CCN(C)C. The predicted molar refractivity (Wildman–Crippen MR) is 166 cm³/mol. The minimum absolute atomic E-state index is 0.0972. The molecule has 3 heterocycles. The van der Waals surface area contributed by atoms with Gasteiger partial charge in [0.1, 0.15) is 11.9 Å². The zero-order valence-electron chi connectivity index (χ0n) is 25.0. The minimum Gasteiger partial charge on any atom is -0.369 e. The van der Waals surface area contributed by atoms with Gasteiger partial charge in [0, 0.05) is 56.8 Å². The number of amides is 2. The van der Waals surface area contributed by atoms with Crippen molar-refractivity contribution < 1.29 is 9.59 Å². The summed E-state index contributed by atoms with van der Waals surface area (Å²) in [6.07, 6.45) is 10.7. The summed E-state index contributed by atoms with van der Waals surface area (Å²) in [4.78, 5) is 38.1. The standard InChI is InChI=1S/C31H41N9O2/c1-5-16-32-29-23(21-34-31(37-29)36-25-14-15-26-24(20-25)22-35-39(26)4)11-7-6-8-17-33-30(42)27-12-9-19-40(27)28(41)13-10-18-38(2)3/h10,13-15,20-22,27H,5-6,8-9,12,16-19H2,1-4H3,(H,33,42)(H2,32,34,36,37). The number of hydrogen-bond acceptors (Lipinski definition) is 8. The molecule has 0 spiro atoms. The topological polar surface area (TPSA) is 120 Å². The van der Waals surface area contributed by atoms with Gasteiger partial charge >= 0.3 is 0 Å². The van der Waals surface area contributed by atoms with Crippen LogP contribution in [0.15, 0.2) is 42.7 Å². The van der Waals surface area contributed by atoms with Gasteiger partial charge < -0.3 is 25.8 Å². The van der Waals surface area contributed by atoms with Crippen LogP contribution in [-0.2, 0) is 16.6 Å². The Morgan fingerprint density at radius 2 is 2.07 bits per heavy atom. The molecule has 3 N–H and O–H groups in total. The molecule has 2 amide bonds. The molecule has 3 aromatic rings. The minimum atomic E-state index is -0.407. The van der Waals surface area contributed by atoms with Crippen LogP contribution in [0.25, 0.3) is 10.9 Å². The van der Waals surface area contributed by atoms with E-state index >= 15 is 0 Å². The summed E-state index contributed by atoms with van der Waals surface area (Å²) in [5.74, 6) is 7.33. The van der Waals surface area contributed by atoms with E-state index < -0.39 is 6.04 Å². The largest absolute Gasteiger partial charge is 0.369 e. The maximum atomic E-state index is 12.8. The lowest BCUT2D eigenvalue weighted by Gasteiger charge is -2.22. The first-order valence-electron chi connectivity index (χ1n) is 14.5. The monoisotopic (exact) mass is 571 g/mol. The van der Waals surface area contributed by atoms with E-state index in [0.29, 0.717) is 50.7 Å². The Balaban J connectivity index is 1.29. The lowest BCUT2D eigenvalue weighted by Crippen LogP contribution is -2.45. The molecule has 1 aliphatic heterocycles. The van der Waals surface area contributed by atoms with Crippen molar-refractivity contribution in [2.24, 2.45) is 7.05 Å². The number of unbranched alkanes of at least 4 members (excludes halogenated alkanes) is 1. The fraction of sp³-hybridized carbons (Fsp3) is 0.452. The van der Waals surface area contributed by atoms with Crippen molar-refractivity contribution in [3.8, 4) is 11.8 Å². The molecule has 0 aliphatic carbocycles. The first kappa shape index (κ1) is 30.5. The van der Waals surface area contributed by atoms with Crippen molar-refractivity contribution >= 4 is 40.2 Å². The third-order valence-corrected chi connectivity index (χ3v) is 6.90. The van der Waals surface area contributed by atoms with Crippen molar-refractivity contribution in [1.29, 1.82) is 0 Å². The summed E-state index contributed by atoms with van der Waals surface area (Å²) in [7, 11) is 5.81. The van der Waals surface area contributed by atoms with Gasteiger partial charge in [-0.05, 0) is 58.0 Å². The molecule has 1 atom stereocenters. The van der Waals surface area contributed by atoms with E-state index in [-0.39, 0.29) is 11.8 Å². The molecule has 42 heavy (non-hydrogen) atoms. The zero-order chi connectivity index (χ0) is 29.9. The fourth-order valence-corrected chi connectivity index (χ4v) is 4.71. The Labute approximate surface area is 247 Å². The van der Waals surface area contributed by atoms with Gasteiger partial charge in [0.2, 0.25) is 17.8 Å². The first-order valence-corrected chi connectivity index (χ1v) is 14.5. The highest BCUT2D eigenvalue weighted by Gasteiger charge is 2.32. The van der Waals surface area contributed by atoms with Crippen molar-refractivity contribution in [3.05, 3.63) is 48.3 Å². The second-order valence-corrected chi connectivity index (χ2v) is 10.6. The van der Waals surface area contributed by atoms with Gasteiger partial charge in [-0.1, -0.05) is 24.8 Å². The molecular weight excluding hydrogens is 530 g/mol. The molecule has 1 aromatic carbocycles.